The zero-order valence-corrected chi connectivity index (χ0v) is 11.7. The molecule has 0 aliphatic carbocycles. The van der Waals surface area contributed by atoms with Crippen LogP contribution >= 0.6 is 0 Å². The zero-order valence-electron chi connectivity index (χ0n) is 11.7. The van der Waals surface area contributed by atoms with Gasteiger partial charge in [0.1, 0.15) is 18.2 Å². The van der Waals surface area contributed by atoms with Crippen molar-refractivity contribution in [3.05, 3.63) is 65.4 Å². The number of rotatable bonds is 5. The van der Waals surface area contributed by atoms with E-state index in [1.807, 2.05) is 0 Å². The molecule has 0 bridgehead atoms. The van der Waals surface area contributed by atoms with Crippen LogP contribution in [-0.4, -0.2) is 19.0 Å². The van der Waals surface area contributed by atoms with Gasteiger partial charge in [-0.3, -0.25) is 0 Å². The largest absolute Gasteiger partial charge is 0.463 e. The van der Waals surface area contributed by atoms with Crippen molar-refractivity contribution in [1.29, 1.82) is 0 Å². The molecule has 0 spiro atoms. The molecule has 0 amide bonds. The predicted molar refractivity (Wildman–Crippen MR) is 75.3 cm³/mol. The molecule has 0 fully saturated rings. The van der Waals surface area contributed by atoms with Crippen molar-refractivity contribution in [2.24, 2.45) is 0 Å². The quantitative estimate of drug-likeness (QED) is 0.627. The van der Waals surface area contributed by atoms with Gasteiger partial charge in [0.2, 0.25) is 5.76 Å². The van der Waals surface area contributed by atoms with Crippen molar-refractivity contribution in [2.45, 2.75) is 6.61 Å². The second kappa shape index (κ2) is 7.21. The van der Waals surface area contributed by atoms with E-state index in [1.54, 1.807) is 6.07 Å². The van der Waals surface area contributed by atoms with Gasteiger partial charge in [0.05, 0.1) is 7.11 Å². The third kappa shape index (κ3) is 4.31. The fourth-order valence-corrected chi connectivity index (χ4v) is 1.63. The number of esters is 2. The van der Waals surface area contributed by atoms with E-state index < -0.39 is 11.9 Å². The highest BCUT2D eigenvalue weighted by Crippen LogP contribution is 2.11. The Labute approximate surface area is 125 Å². The van der Waals surface area contributed by atoms with Crippen LogP contribution in [0.2, 0.25) is 0 Å². The van der Waals surface area contributed by atoms with E-state index in [2.05, 4.69) is 4.74 Å². The minimum absolute atomic E-state index is 0.0313. The van der Waals surface area contributed by atoms with E-state index in [0.29, 0.717) is 11.3 Å². The summed E-state index contributed by atoms with van der Waals surface area (Å²) in [6.45, 7) is -0.122. The van der Waals surface area contributed by atoms with Crippen molar-refractivity contribution in [3.63, 3.8) is 0 Å². The van der Waals surface area contributed by atoms with E-state index in [0.717, 1.165) is 0 Å². The van der Waals surface area contributed by atoms with Gasteiger partial charge in [-0.2, -0.15) is 0 Å². The third-order valence-electron chi connectivity index (χ3n) is 2.67. The Kier molecular flexibility index (Phi) is 5.08. The van der Waals surface area contributed by atoms with Crippen LogP contribution in [0.1, 0.15) is 21.9 Å². The van der Waals surface area contributed by atoms with Crippen molar-refractivity contribution in [1.82, 2.24) is 0 Å². The lowest BCUT2D eigenvalue weighted by Gasteiger charge is -1.99. The number of hydrogen-bond acceptors (Lipinski definition) is 5. The summed E-state index contributed by atoms with van der Waals surface area (Å²) in [5, 5.41) is 0. The van der Waals surface area contributed by atoms with Crippen LogP contribution < -0.4 is 0 Å². The maximum Gasteiger partial charge on any atom is 0.373 e. The minimum atomic E-state index is -0.611. The molecular weight excluding hydrogens is 291 g/mol. The minimum Gasteiger partial charge on any atom is -0.463 e. The first-order valence-corrected chi connectivity index (χ1v) is 6.36. The molecule has 1 heterocycles. The predicted octanol–water partition coefficient (Wildman–Crippen LogP) is 2.96. The topological polar surface area (TPSA) is 65.7 Å². The molecule has 114 valence electrons. The monoisotopic (exact) mass is 304 g/mol. The first-order valence-electron chi connectivity index (χ1n) is 6.36. The number of benzene rings is 1. The van der Waals surface area contributed by atoms with Gasteiger partial charge in [-0.15, -0.1) is 0 Å². The van der Waals surface area contributed by atoms with Crippen LogP contribution in [-0.2, 0) is 20.9 Å². The maximum absolute atomic E-state index is 13.0. The van der Waals surface area contributed by atoms with Crippen LogP contribution in [0.5, 0.6) is 0 Å². The number of ether oxygens (including phenoxy) is 2. The number of furan rings is 1. The Hall–Kier alpha value is -2.89. The lowest BCUT2D eigenvalue weighted by Crippen LogP contribution is -2.01. The molecule has 0 radical (unpaired) electrons. The molecule has 1 aromatic heterocycles. The summed E-state index contributed by atoms with van der Waals surface area (Å²) in [5.74, 6) is -1.26. The molecule has 22 heavy (non-hydrogen) atoms. The second-order valence-electron chi connectivity index (χ2n) is 4.25. The van der Waals surface area contributed by atoms with Crippen LogP contribution in [0.15, 0.2) is 46.9 Å². The summed E-state index contributed by atoms with van der Waals surface area (Å²) in [5.41, 5.74) is 0.544. The molecule has 2 rings (SSSR count). The zero-order chi connectivity index (χ0) is 15.9. The van der Waals surface area contributed by atoms with Gasteiger partial charge >= 0.3 is 11.9 Å². The van der Waals surface area contributed by atoms with Crippen molar-refractivity contribution >= 4 is 18.0 Å². The summed E-state index contributed by atoms with van der Waals surface area (Å²) >= 11 is 0. The van der Waals surface area contributed by atoms with Crippen molar-refractivity contribution in [2.75, 3.05) is 7.11 Å². The van der Waals surface area contributed by atoms with Crippen LogP contribution in [0, 0.1) is 5.82 Å². The van der Waals surface area contributed by atoms with Gasteiger partial charge in [-0.05, 0) is 35.9 Å². The molecular formula is C16H13FO5. The van der Waals surface area contributed by atoms with Crippen molar-refractivity contribution in [3.8, 4) is 0 Å². The number of halogens is 1. The van der Waals surface area contributed by atoms with E-state index in [9.17, 15) is 14.0 Å². The first-order chi connectivity index (χ1) is 10.6. The highest BCUT2D eigenvalue weighted by atomic mass is 19.1. The second-order valence-corrected chi connectivity index (χ2v) is 4.25. The Bertz CT molecular complexity index is 702. The average molecular weight is 304 g/mol. The molecule has 0 atom stereocenters. The van der Waals surface area contributed by atoms with E-state index in [4.69, 9.17) is 9.15 Å². The number of hydrogen-bond donors (Lipinski definition) is 0. The van der Waals surface area contributed by atoms with Gasteiger partial charge in [0.15, 0.2) is 0 Å². The number of carbonyl (C=O) groups is 2. The van der Waals surface area contributed by atoms with Crippen LogP contribution in [0.3, 0.4) is 0 Å². The summed E-state index contributed by atoms with van der Waals surface area (Å²) in [6.07, 6.45) is 2.62. The lowest BCUT2D eigenvalue weighted by molar-refractivity contribution is -0.139. The van der Waals surface area contributed by atoms with Gasteiger partial charge < -0.3 is 13.9 Å². The van der Waals surface area contributed by atoms with Gasteiger partial charge in [0, 0.05) is 6.08 Å². The molecule has 0 aliphatic rings. The molecule has 1 aromatic carbocycles. The van der Waals surface area contributed by atoms with Gasteiger partial charge in [-0.25, -0.2) is 14.0 Å². The summed E-state index contributed by atoms with van der Waals surface area (Å²) < 4.78 is 27.5. The first kappa shape index (κ1) is 15.5. The molecule has 0 saturated carbocycles. The van der Waals surface area contributed by atoms with E-state index in [-0.39, 0.29) is 18.2 Å². The Balaban J connectivity index is 1.87. The average Bonchev–Trinajstić information content (AvgIpc) is 2.99. The van der Waals surface area contributed by atoms with Gasteiger partial charge in [0.25, 0.3) is 0 Å². The summed E-state index contributed by atoms with van der Waals surface area (Å²) in [7, 11) is 1.24. The Morgan fingerprint density at radius 3 is 2.82 bits per heavy atom. The maximum atomic E-state index is 13.0. The SMILES string of the molecule is COC(=O)c1ccc(COC(=O)/C=C/c2cccc(F)c2)o1. The Morgan fingerprint density at radius 2 is 2.09 bits per heavy atom. The molecule has 0 N–H and O–H groups in total. The Morgan fingerprint density at radius 1 is 1.27 bits per heavy atom. The van der Waals surface area contributed by atoms with Gasteiger partial charge in [-0.1, -0.05) is 12.1 Å². The van der Waals surface area contributed by atoms with Crippen LogP contribution in [0.4, 0.5) is 4.39 Å². The normalized spacial score (nSPS) is 10.6. The fourth-order valence-electron chi connectivity index (χ4n) is 1.63. The molecule has 6 heteroatoms. The summed E-state index contributed by atoms with van der Waals surface area (Å²) in [6, 6.07) is 8.73. The van der Waals surface area contributed by atoms with E-state index in [1.165, 1.54) is 49.6 Å². The molecule has 0 aliphatic heterocycles. The number of carbonyl (C=O) groups excluding carboxylic acids is 2. The summed E-state index contributed by atoms with van der Waals surface area (Å²) in [4.78, 5) is 22.7. The number of methoxy groups -OCH3 is 1. The highest BCUT2D eigenvalue weighted by Gasteiger charge is 2.11. The van der Waals surface area contributed by atoms with Crippen molar-refractivity contribution < 1.29 is 27.9 Å². The lowest BCUT2D eigenvalue weighted by atomic mass is 10.2. The highest BCUT2D eigenvalue weighted by molar-refractivity contribution is 5.87. The smallest absolute Gasteiger partial charge is 0.373 e. The molecule has 2 aromatic rings. The van der Waals surface area contributed by atoms with E-state index >= 15 is 0 Å². The molecule has 0 unspecified atom stereocenters. The molecule has 0 saturated heterocycles. The standard InChI is InChI=1S/C16H13FO5/c1-20-16(19)14-7-6-13(22-14)10-21-15(18)8-5-11-3-2-4-12(17)9-11/h2-9H,10H2,1H3/b8-5+. The molecule has 5 nitrogen and oxygen atoms in total. The van der Waals surface area contributed by atoms with Crippen LogP contribution in [0.25, 0.3) is 6.08 Å². The fraction of sp³-hybridized carbons (Fsp3) is 0.125. The third-order valence-corrected chi connectivity index (χ3v) is 2.67.